The number of carboxylic acids is 1. The highest BCUT2D eigenvalue weighted by molar-refractivity contribution is 5.89. The molecule has 0 radical (unpaired) electrons. The fraction of sp³-hybridized carbons (Fsp3) is 0.174. The van der Waals surface area contributed by atoms with Crippen molar-refractivity contribution in [1.82, 2.24) is 4.98 Å². The molecule has 0 aliphatic rings. The highest BCUT2D eigenvalue weighted by atomic mass is 16.5. The zero-order valence-electron chi connectivity index (χ0n) is 16.4. The van der Waals surface area contributed by atoms with Crippen LogP contribution >= 0.6 is 0 Å². The van der Waals surface area contributed by atoms with Gasteiger partial charge in [0.1, 0.15) is 17.2 Å². The molecule has 7 heteroatoms. The van der Waals surface area contributed by atoms with Gasteiger partial charge in [-0.15, -0.1) is 6.58 Å². The Labute approximate surface area is 173 Å². The van der Waals surface area contributed by atoms with Gasteiger partial charge in [-0.1, -0.05) is 18.2 Å². The molecule has 0 saturated carbocycles. The van der Waals surface area contributed by atoms with Crippen molar-refractivity contribution in [3.63, 3.8) is 0 Å². The topological polar surface area (TPSA) is 106 Å². The first-order chi connectivity index (χ1) is 14.5. The van der Waals surface area contributed by atoms with Crippen molar-refractivity contribution in [2.75, 3.05) is 13.2 Å². The molecule has 0 aliphatic carbocycles. The highest BCUT2D eigenvalue weighted by Crippen LogP contribution is 2.35. The van der Waals surface area contributed by atoms with Gasteiger partial charge in [-0.3, -0.25) is 0 Å². The summed E-state index contributed by atoms with van der Waals surface area (Å²) < 4.78 is 16.8. The smallest absolute Gasteiger partial charge is 0.341 e. The molecule has 152 valence electrons. The maximum atomic E-state index is 10.9. The molecule has 7 nitrogen and oxygen atoms in total. The summed E-state index contributed by atoms with van der Waals surface area (Å²) in [4.78, 5) is 15.3. The molecular formula is C23H20N2O5. The lowest BCUT2D eigenvalue weighted by molar-refractivity contribution is -0.139. The van der Waals surface area contributed by atoms with Gasteiger partial charge >= 0.3 is 5.97 Å². The van der Waals surface area contributed by atoms with Crippen LogP contribution in [-0.4, -0.2) is 29.3 Å². The average Bonchev–Trinajstić information content (AvgIpc) is 3.15. The van der Waals surface area contributed by atoms with Gasteiger partial charge < -0.3 is 19.0 Å². The van der Waals surface area contributed by atoms with Crippen LogP contribution in [0.15, 0.2) is 53.5 Å². The quantitative estimate of drug-likeness (QED) is 0.414. The van der Waals surface area contributed by atoms with Crippen LogP contribution in [0, 0.1) is 11.3 Å². The number of nitriles is 1. The number of aromatic nitrogens is 1. The van der Waals surface area contributed by atoms with Crippen molar-refractivity contribution in [3.05, 3.63) is 66.1 Å². The summed E-state index contributed by atoms with van der Waals surface area (Å²) in [6.07, 6.45) is 3.75. The first-order valence-corrected chi connectivity index (χ1v) is 9.28. The third-order valence-corrected chi connectivity index (χ3v) is 4.11. The number of ether oxygens (including phenoxy) is 2. The number of rotatable bonds is 9. The lowest BCUT2D eigenvalue weighted by Gasteiger charge is -2.16. The van der Waals surface area contributed by atoms with Crippen LogP contribution in [-0.2, 0) is 11.2 Å². The Bertz CT molecular complexity index is 1120. The van der Waals surface area contributed by atoms with Crippen LogP contribution in [0.5, 0.6) is 11.5 Å². The monoisotopic (exact) mass is 404 g/mol. The number of oxazole rings is 1. The van der Waals surface area contributed by atoms with Gasteiger partial charge in [-0.05, 0) is 49.2 Å². The minimum absolute atomic E-state index is 0.216. The van der Waals surface area contributed by atoms with Gasteiger partial charge in [0, 0.05) is 5.56 Å². The second kappa shape index (κ2) is 9.43. The summed E-state index contributed by atoms with van der Waals surface area (Å²) in [6, 6.07) is 12.9. The SMILES string of the molecule is C=CCc1cc(/C=C(\C#N)c2nc3ccccc3o2)cc(OCC)c1OCC(=O)O. The number of benzene rings is 2. The molecule has 0 atom stereocenters. The molecule has 0 bridgehead atoms. The molecule has 0 aliphatic heterocycles. The predicted octanol–water partition coefficient (Wildman–Crippen LogP) is 4.48. The third kappa shape index (κ3) is 4.67. The van der Waals surface area contributed by atoms with E-state index in [1.807, 2.05) is 19.1 Å². The van der Waals surface area contributed by atoms with Gasteiger partial charge in [0.05, 0.1) is 6.61 Å². The average molecular weight is 404 g/mol. The van der Waals surface area contributed by atoms with E-state index in [1.54, 1.807) is 36.4 Å². The standard InChI is InChI=1S/C23H20N2O5/c1-3-7-16-10-15(12-20(28-4-2)22(16)29-14-21(26)27)11-17(13-24)23-25-18-8-5-6-9-19(18)30-23/h3,5-6,8-12H,1,4,7,14H2,2H3,(H,26,27)/b17-11+. The Morgan fingerprint density at radius 2 is 2.13 bits per heavy atom. The van der Waals surface area contributed by atoms with Gasteiger partial charge in [0.25, 0.3) is 0 Å². The molecule has 0 spiro atoms. The Kier molecular flexibility index (Phi) is 6.50. The molecule has 1 aromatic heterocycles. The number of allylic oxidation sites excluding steroid dienone is 2. The second-order valence-electron chi connectivity index (χ2n) is 6.27. The maximum absolute atomic E-state index is 10.9. The van der Waals surface area contributed by atoms with Crippen molar-refractivity contribution in [2.24, 2.45) is 0 Å². The zero-order chi connectivity index (χ0) is 21.5. The van der Waals surface area contributed by atoms with E-state index in [-0.39, 0.29) is 11.5 Å². The van der Waals surface area contributed by atoms with Crippen molar-refractivity contribution >= 4 is 28.7 Å². The van der Waals surface area contributed by atoms with E-state index in [4.69, 9.17) is 19.0 Å². The molecule has 1 N–H and O–H groups in total. The normalized spacial score (nSPS) is 11.1. The largest absolute Gasteiger partial charge is 0.490 e. The minimum Gasteiger partial charge on any atom is -0.490 e. The molecule has 1 heterocycles. The maximum Gasteiger partial charge on any atom is 0.341 e. The van der Waals surface area contributed by atoms with Crippen LogP contribution in [0.25, 0.3) is 22.7 Å². The minimum atomic E-state index is -1.09. The van der Waals surface area contributed by atoms with Crippen LogP contribution in [0.4, 0.5) is 0 Å². The molecule has 0 fully saturated rings. The van der Waals surface area contributed by atoms with Gasteiger partial charge in [-0.25, -0.2) is 9.78 Å². The number of carbonyl (C=O) groups is 1. The van der Waals surface area contributed by atoms with E-state index >= 15 is 0 Å². The summed E-state index contributed by atoms with van der Waals surface area (Å²) in [5, 5.41) is 18.6. The first kappa shape index (κ1) is 20.7. The highest BCUT2D eigenvalue weighted by Gasteiger charge is 2.16. The summed E-state index contributed by atoms with van der Waals surface area (Å²) in [7, 11) is 0. The predicted molar refractivity (Wildman–Crippen MR) is 112 cm³/mol. The number of fused-ring (bicyclic) bond motifs is 1. The van der Waals surface area contributed by atoms with Crippen molar-refractivity contribution in [2.45, 2.75) is 13.3 Å². The second-order valence-corrected chi connectivity index (χ2v) is 6.27. The molecule has 0 unspecified atom stereocenters. The fourth-order valence-electron chi connectivity index (χ4n) is 2.93. The van der Waals surface area contributed by atoms with Gasteiger partial charge in [-0.2, -0.15) is 5.26 Å². The van der Waals surface area contributed by atoms with Crippen molar-refractivity contribution in [3.8, 4) is 17.6 Å². The Morgan fingerprint density at radius 1 is 1.33 bits per heavy atom. The zero-order valence-corrected chi connectivity index (χ0v) is 16.4. The molecule has 0 saturated heterocycles. The number of hydrogen-bond acceptors (Lipinski definition) is 6. The van der Waals surface area contributed by atoms with E-state index in [0.29, 0.717) is 46.8 Å². The van der Waals surface area contributed by atoms with Crippen molar-refractivity contribution in [1.29, 1.82) is 5.26 Å². The molecule has 3 rings (SSSR count). The van der Waals surface area contributed by atoms with Crippen LogP contribution in [0.1, 0.15) is 23.9 Å². The number of aliphatic carboxylic acids is 1. The first-order valence-electron chi connectivity index (χ1n) is 9.28. The Hall–Kier alpha value is -4.05. The van der Waals surface area contributed by atoms with Gasteiger partial charge in [0.15, 0.2) is 23.7 Å². The summed E-state index contributed by atoms with van der Waals surface area (Å²) in [5.41, 5.74) is 2.86. The molecule has 3 aromatic rings. The van der Waals surface area contributed by atoms with E-state index < -0.39 is 12.6 Å². The number of carboxylic acid groups (broad SMARTS) is 1. The molecular weight excluding hydrogens is 384 g/mol. The lowest BCUT2D eigenvalue weighted by Crippen LogP contribution is -2.12. The van der Waals surface area contributed by atoms with Crippen LogP contribution in [0.3, 0.4) is 0 Å². The van der Waals surface area contributed by atoms with Crippen LogP contribution < -0.4 is 9.47 Å². The molecule has 2 aromatic carbocycles. The molecule has 0 amide bonds. The lowest BCUT2D eigenvalue weighted by atomic mass is 10.0. The van der Waals surface area contributed by atoms with Gasteiger partial charge in [0.2, 0.25) is 5.89 Å². The van der Waals surface area contributed by atoms with Crippen molar-refractivity contribution < 1.29 is 23.8 Å². The van der Waals surface area contributed by atoms with E-state index in [0.717, 1.165) is 0 Å². The van der Waals surface area contributed by atoms with E-state index in [1.165, 1.54) is 0 Å². The number of nitrogens with zero attached hydrogens (tertiary/aromatic N) is 2. The summed E-state index contributed by atoms with van der Waals surface area (Å²) in [6.45, 7) is 5.42. The number of para-hydroxylation sites is 2. The summed E-state index contributed by atoms with van der Waals surface area (Å²) in [5.74, 6) is -0.141. The Balaban J connectivity index is 2.07. The molecule has 30 heavy (non-hydrogen) atoms. The summed E-state index contributed by atoms with van der Waals surface area (Å²) >= 11 is 0. The Morgan fingerprint density at radius 3 is 2.80 bits per heavy atom. The van der Waals surface area contributed by atoms with E-state index in [2.05, 4.69) is 17.6 Å². The van der Waals surface area contributed by atoms with E-state index in [9.17, 15) is 10.1 Å². The van der Waals surface area contributed by atoms with Crippen LogP contribution in [0.2, 0.25) is 0 Å². The third-order valence-electron chi connectivity index (χ3n) is 4.11. The number of hydrogen-bond donors (Lipinski definition) is 1. The fourth-order valence-corrected chi connectivity index (χ4v) is 2.93.